The van der Waals surface area contributed by atoms with Gasteiger partial charge in [-0.15, -0.1) is 0 Å². The van der Waals surface area contributed by atoms with Crippen molar-refractivity contribution in [3.05, 3.63) is 12.2 Å². The molecule has 0 radical (unpaired) electrons. The van der Waals surface area contributed by atoms with Crippen molar-refractivity contribution >= 4 is 29.3 Å². The van der Waals surface area contributed by atoms with Gasteiger partial charge in [-0.1, -0.05) is 39.8 Å². The standard InChI is InChI=1S/C26H34O7/c1-13-11-16-23(5)10-9-17(28)22(3,4)18(23)15(27)12-24(16,6)26(21(31)32-8)19(29)14(2)33-20(30)25(13,26)7/h14,16,18H,1,9-12H2,2-8H3/t14-,16-,18+,23-,24-,25-,26+/m0/s1. The molecule has 3 aliphatic carbocycles. The van der Waals surface area contributed by atoms with E-state index in [4.69, 9.17) is 9.47 Å². The van der Waals surface area contributed by atoms with Gasteiger partial charge in [-0.05, 0) is 38.0 Å². The van der Waals surface area contributed by atoms with Crippen molar-refractivity contribution in [3.8, 4) is 0 Å². The second-order valence-electron chi connectivity index (χ2n) is 11.8. The second kappa shape index (κ2) is 6.63. The molecule has 7 nitrogen and oxygen atoms in total. The molecule has 0 amide bonds. The molecule has 0 aromatic heterocycles. The van der Waals surface area contributed by atoms with Gasteiger partial charge in [0.1, 0.15) is 17.0 Å². The Labute approximate surface area is 194 Å². The summed E-state index contributed by atoms with van der Waals surface area (Å²) in [7, 11) is 1.20. The minimum absolute atomic E-state index is 0.0510. The molecule has 0 bridgehead atoms. The lowest BCUT2D eigenvalue weighted by atomic mass is 9.31. The number of ketones is 3. The zero-order valence-corrected chi connectivity index (χ0v) is 20.6. The van der Waals surface area contributed by atoms with Crippen molar-refractivity contribution in [2.75, 3.05) is 7.11 Å². The first-order valence-electron chi connectivity index (χ1n) is 11.7. The first-order valence-corrected chi connectivity index (χ1v) is 11.7. The maximum absolute atomic E-state index is 14.0. The largest absolute Gasteiger partial charge is 0.468 e. The summed E-state index contributed by atoms with van der Waals surface area (Å²) in [6, 6.07) is 0. The number of hydrogen-bond donors (Lipinski definition) is 0. The van der Waals surface area contributed by atoms with Gasteiger partial charge in [-0.25, -0.2) is 0 Å². The molecule has 1 aliphatic heterocycles. The summed E-state index contributed by atoms with van der Waals surface area (Å²) >= 11 is 0. The first-order chi connectivity index (χ1) is 15.1. The lowest BCUT2D eigenvalue weighted by molar-refractivity contribution is -0.237. The Bertz CT molecular complexity index is 1020. The number of hydrogen-bond acceptors (Lipinski definition) is 7. The number of carbonyl (C=O) groups excluding carboxylic acids is 5. The van der Waals surface area contributed by atoms with Gasteiger partial charge < -0.3 is 9.47 Å². The fourth-order valence-corrected chi connectivity index (χ4v) is 8.59. The van der Waals surface area contributed by atoms with Crippen molar-refractivity contribution in [1.29, 1.82) is 0 Å². The zero-order chi connectivity index (χ0) is 24.9. The normalized spacial score (nSPS) is 46.6. The monoisotopic (exact) mass is 458 g/mol. The Morgan fingerprint density at radius 2 is 1.70 bits per heavy atom. The molecule has 1 heterocycles. The predicted octanol–water partition coefficient (Wildman–Crippen LogP) is 3.23. The molecule has 7 heteroatoms. The molecule has 180 valence electrons. The van der Waals surface area contributed by atoms with Crippen LogP contribution in [0.5, 0.6) is 0 Å². The van der Waals surface area contributed by atoms with E-state index >= 15 is 0 Å². The Morgan fingerprint density at radius 3 is 2.27 bits per heavy atom. The Balaban J connectivity index is 2.06. The fourth-order valence-electron chi connectivity index (χ4n) is 8.59. The van der Waals surface area contributed by atoms with Crippen molar-refractivity contribution in [2.45, 2.75) is 73.3 Å². The van der Waals surface area contributed by atoms with Crippen molar-refractivity contribution < 1.29 is 33.4 Å². The van der Waals surface area contributed by atoms with Gasteiger partial charge in [0.05, 0.1) is 7.11 Å². The number of cyclic esters (lactones) is 1. The second-order valence-corrected chi connectivity index (χ2v) is 11.8. The van der Waals surface area contributed by atoms with Gasteiger partial charge in [0, 0.05) is 29.6 Å². The molecule has 4 rings (SSSR count). The van der Waals surface area contributed by atoms with Crippen LogP contribution in [-0.4, -0.2) is 42.5 Å². The quantitative estimate of drug-likeness (QED) is 0.337. The summed E-state index contributed by atoms with van der Waals surface area (Å²) in [4.78, 5) is 67.8. The number of ether oxygens (including phenoxy) is 2. The van der Waals surface area contributed by atoms with Gasteiger partial charge in [0.15, 0.2) is 17.3 Å². The van der Waals surface area contributed by atoms with Crippen LogP contribution in [0.15, 0.2) is 12.2 Å². The highest BCUT2D eigenvalue weighted by Crippen LogP contribution is 2.75. The van der Waals surface area contributed by atoms with Crippen LogP contribution in [0.3, 0.4) is 0 Å². The lowest BCUT2D eigenvalue weighted by Gasteiger charge is -2.70. The maximum atomic E-state index is 14.0. The summed E-state index contributed by atoms with van der Waals surface area (Å²) in [5, 5.41) is 0. The maximum Gasteiger partial charge on any atom is 0.321 e. The summed E-state index contributed by atoms with van der Waals surface area (Å²) in [6.45, 7) is 14.6. The average Bonchev–Trinajstić information content (AvgIpc) is 2.71. The van der Waals surface area contributed by atoms with Crippen LogP contribution < -0.4 is 0 Å². The van der Waals surface area contributed by atoms with Crippen LogP contribution in [0.25, 0.3) is 0 Å². The molecular formula is C26H34O7. The highest BCUT2D eigenvalue weighted by Gasteiger charge is 2.82. The number of carbonyl (C=O) groups is 5. The van der Waals surface area contributed by atoms with Crippen LogP contribution in [0, 0.1) is 38.9 Å². The van der Waals surface area contributed by atoms with Gasteiger partial charge in [-0.3, -0.25) is 24.0 Å². The van der Waals surface area contributed by atoms with E-state index in [0.717, 1.165) is 0 Å². The summed E-state index contributed by atoms with van der Waals surface area (Å²) < 4.78 is 10.6. The minimum atomic E-state index is -1.95. The van der Waals surface area contributed by atoms with Crippen LogP contribution in [-0.2, 0) is 33.4 Å². The van der Waals surface area contributed by atoms with Gasteiger partial charge in [-0.2, -0.15) is 0 Å². The molecule has 4 aliphatic rings. The fraction of sp³-hybridized carbons (Fsp3) is 0.731. The summed E-state index contributed by atoms with van der Waals surface area (Å²) in [6.07, 6.45) is -0.105. The van der Waals surface area contributed by atoms with Gasteiger partial charge in [0.25, 0.3) is 0 Å². The van der Waals surface area contributed by atoms with E-state index < -0.39 is 56.8 Å². The molecule has 33 heavy (non-hydrogen) atoms. The lowest BCUT2D eigenvalue weighted by Crippen LogP contribution is -2.77. The number of esters is 2. The van der Waals surface area contributed by atoms with E-state index in [-0.39, 0.29) is 23.9 Å². The number of rotatable bonds is 1. The molecule has 0 aromatic rings. The SMILES string of the molecule is C=C1C[C@H]2[C@]3(C)CCC(=O)C(C)(C)[C@H]3C(=O)C[C@]2(C)[C@]2(C(=O)OC)C(=O)[C@H](C)OC(=O)[C@]12C. The smallest absolute Gasteiger partial charge is 0.321 e. The number of Topliss-reactive ketones (excluding diaryl/α,β-unsaturated/α-hetero) is 3. The van der Waals surface area contributed by atoms with Crippen molar-refractivity contribution in [2.24, 2.45) is 38.9 Å². The van der Waals surface area contributed by atoms with E-state index in [1.807, 2.05) is 20.8 Å². The molecule has 3 saturated carbocycles. The highest BCUT2D eigenvalue weighted by molar-refractivity contribution is 6.15. The van der Waals surface area contributed by atoms with Crippen molar-refractivity contribution in [1.82, 2.24) is 0 Å². The Kier molecular flexibility index (Phi) is 4.79. The third kappa shape index (κ3) is 2.34. The zero-order valence-electron chi connectivity index (χ0n) is 20.6. The average molecular weight is 459 g/mol. The Hall–Kier alpha value is -2.31. The molecular weight excluding hydrogens is 424 g/mol. The molecule has 1 saturated heterocycles. The van der Waals surface area contributed by atoms with Crippen molar-refractivity contribution in [3.63, 3.8) is 0 Å². The van der Waals surface area contributed by atoms with E-state index in [2.05, 4.69) is 6.58 Å². The number of methoxy groups -OCH3 is 1. The summed E-state index contributed by atoms with van der Waals surface area (Å²) in [5.74, 6) is -3.04. The van der Waals surface area contributed by atoms with Gasteiger partial charge in [0.2, 0.25) is 0 Å². The predicted molar refractivity (Wildman–Crippen MR) is 118 cm³/mol. The highest BCUT2D eigenvalue weighted by atomic mass is 16.6. The third-order valence-corrected chi connectivity index (χ3v) is 10.1. The minimum Gasteiger partial charge on any atom is -0.468 e. The topological polar surface area (TPSA) is 104 Å². The van der Waals surface area contributed by atoms with Crippen LogP contribution in [0.4, 0.5) is 0 Å². The molecule has 4 fully saturated rings. The van der Waals surface area contributed by atoms with E-state index in [0.29, 0.717) is 24.8 Å². The molecule has 0 unspecified atom stereocenters. The first kappa shape index (κ1) is 23.8. The molecule has 7 atom stereocenters. The van der Waals surface area contributed by atoms with Crippen LogP contribution in [0.2, 0.25) is 0 Å². The van der Waals surface area contributed by atoms with E-state index in [1.54, 1.807) is 6.92 Å². The molecule has 0 spiro atoms. The van der Waals surface area contributed by atoms with E-state index in [1.165, 1.54) is 21.0 Å². The van der Waals surface area contributed by atoms with Crippen LogP contribution >= 0.6 is 0 Å². The number of fused-ring (bicyclic) bond motifs is 5. The van der Waals surface area contributed by atoms with Gasteiger partial charge >= 0.3 is 11.9 Å². The molecule has 0 aromatic carbocycles. The third-order valence-electron chi connectivity index (χ3n) is 10.1. The van der Waals surface area contributed by atoms with E-state index in [9.17, 15) is 24.0 Å². The Morgan fingerprint density at radius 1 is 1.09 bits per heavy atom. The summed E-state index contributed by atoms with van der Waals surface area (Å²) in [5.41, 5.74) is -5.88. The van der Waals surface area contributed by atoms with Crippen LogP contribution in [0.1, 0.15) is 67.2 Å². The molecule has 0 N–H and O–H groups in total.